The third-order valence-electron chi connectivity index (χ3n) is 4.53. The lowest BCUT2D eigenvalue weighted by molar-refractivity contribution is 0.102. The van der Waals surface area contributed by atoms with E-state index >= 15 is 0 Å². The van der Waals surface area contributed by atoms with Gasteiger partial charge in [0.2, 0.25) is 5.13 Å². The van der Waals surface area contributed by atoms with Gasteiger partial charge < -0.3 is 5.32 Å². The second-order valence-corrected chi connectivity index (χ2v) is 7.82. The maximum absolute atomic E-state index is 12.7. The highest BCUT2D eigenvalue weighted by Crippen LogP contribution is 2.29. The third kappa shape index (κ3) is 3.36. The molecule has 2 heterocycles. The number of amides is 1. The Morgan fingerprint density at radius 2 is 1.81 bits per heavy atom. The molecule has 0 atom stereocenters. The smallest absolute Gasteiger partial charge is 0.256 e. The van der Waals surface area contributed by atoms with Crippen molar-refractivity contribution in [2.45, 2.75) is 27.7 Å². The van der Waals surface area contributed by atoms with E-state index in [1.807, 2.05) is 38.1 Å². The van der Waals surface area contributed by atoms with Gasteiger partial charge in [0.1, 0.15) is 5.82 Å². The molecule has 0 aliphatic rings. The van der Waals surface area contributed by atoms with Gasteiger partial charge in [-0.3, -0.25) is 4.79 Å². The Hall–Kier alpha value is -2.99. The minimum atomic E-state index is -0.160. The van der Waals surface area contributed by atoms with Crippen molar-refractivity contribution in [3.8, 4) is 5.13 Å². The van der Waals surface area contributed by atoms with E-state index in [0.717, 1.165) is 26.6 Å². The van der Waals surface area contributed by atoms with Gasteiger partial charge in [-0.2, -0.15) is 9.78 Å². The van der Waals surface area contributed by atoms with Crippen molar-refractivity contribution in [2.24, 2.45) is 0 Å². The molecular formula is C21H20N4OS. The quantitative estimate of drug-likeness (QED) is 0.549. The molecule has 0 aliphatic heterocycles. The standard InChI is InChI=1S/C21H20N4OS/c1-12-6-5-7-16(8-12)20(26)23-19-11-15(4)24-25(19)21-22-17-9-13(2)14(3)10-18(17)27-21/h5-11H,1-4H3,(H,23,26). The van der Waals surface area contributed by atoms with Crippen LogP contribution in [-0.2, 0) is 0 Å². The van der Waals surface area contributed by atoms with Crippen LogP contribution in [0.5, 0.6) is 0 Å². The Bertz CT molecular complexity index is 1130. The zero-order valence-electron chi connectivity index (χ0n) is 15.7. The topological polar surface area (TPSA) is 59.8 Å². The molecule has 0 saturated carbocycles. The monoisotopic (exact) mass is 376 g/mol. The molecule has 0 spiro atoms. The molecular weight excluding hydrogens is 356 g/mol. The van der Waals surface area contributed by atoms with Crippen LogP contribution in [0.4, 0.5) is 5.82 Å². The molecule has 5 nitrogen and oxygen atoms in total. The van der Waals surface area contributed by atoms with E-state index in [1.165, 1.54) is 11.1 Å². The Balaban J connectivity index is 1.72. The molecule has 0 aliphatic carbocycles. The fraction of sp³-hybridized carbons (Fsp3) is 0.190. The first-order valence-corrected chi connectivity index (χ1v) is 9.55. The Morgan fingerprint density at radius 1 is 1.04 bits per heavy atom. The van der Waals surface area contributed by atoms with Gasteiger partial charge in [-0.05, 0) is 63.1 Å². The number of nitrogens with zero attached hydrogens (tertiary/aromatic N) is 3. The van der Waals surface area contributed by atoms with Gasteiger partial charge in [0, 0.05) is 11.6 Å². The summed E-state index contributed by atoms with van der Waals surface area (Å²) in [6.07, 6.45) is 0. The molecule has 136 valence electrons. The predicted octanol–water partition coefficient (Wildman–Crippen LogP) is 4.97. The number of carbonyl (C=O) groups excluding carboxylic acids is 1. The van der Waals surface area contributed by atoms with E-state index in [1.54, 1.807) is 22.1 Å². The zero-order valence-corrected chi connectivity index (χ0v) is 16.5. The van der Waals surface area contributed by atoms with Gasteiger partial charge in [-0.25, -0.2) is 4.98 Å². The highest BCUT2D eigenvalue weighted by atomic mass is 32.1. The normalized spacial score (nSPS) is 11.1. The maximum Gasteiger partial charge on any atom is 0.256 e. The van der Waals surface area contributed by atoms with E-state index in [2.05, 4.69) is 36.4 Å². The van der Waals surface area contributed by atoms with E-state index in [0.29, 0.717) is 11.4 Å². The third-order valence-corrected chi connectivity index (χ3v) is 5.52. The van der Waals surface area contributed by atoms with Crippen LogP contribution in [-0.4, -0.2) is 20.7 Å². The van der Waals surface area contributed by atoms with E-state index in [4.69, 9.17) is 4.98 Å². The highest BCUT2D eigenvalue weighted by molar-refractivity contribution is 7.20. The van der Waals surface area contributed by atoms with Crippen molar-refractivity contribution >= 4 is 33.3 Å². The maximum atomic E-state index is 12.7. The zero-order chi connectivity index (χ0) is 19.1. The van der Waals surface area contributed by atoms with Gasteiger partial charge >= 0.3 is 0 Å². The van der Waals surface area contributed by atoms with Crippen LogP contribution in [0.25, 0.3) is 15.3 Å². The van der Waals surface area contributed by atoms with Crippen LogP contribution in [0, 0.1) is 27.7 Å². The molecule has 2 aromatic carbocycles. The molecule has 0 bridgehead atoms. The van der Waals surface area contributed by atoms with Crippen molar-refractivity contribution in [3.05, 3.63) is 70.4 Å². The summed E-state index contributed by atoms with van der Waals surface area (Å²) in [6.45, 7) is 8.05. The number of hydrogen-bond donors (Lipinski definition) is 1. The van der Waals surface area contributed by atoms with Gasteiger partial charge in [0.05, 0.1) is 15.9 Å². The number of aryl methyl sites for hydroxylation is 4. The van der Waals surface area contributed by atoms with Crippen LogP contribution in [0.1, 0.15) is 32.7 Å². The highest BCUT2D eigenvalue weighted by Gasteiger charge is 2.16. The van der Waals surface area contributed by atoms with Crippen molar-refractivity contribution in [1.82, 2.24) is 14.8 Å². The van der Waals surface area contributed by atoms with Crippen LogP contribution >= 0.6 is 11.3 Å². The van der Waals surface area contributed by atoms with Crippen molar-refractivity contribution in [3.63, 3.8) is 0 Å². The molecule has 4 rings (SSSR count). The fourth-order valence-corrected chi connectivity index (χ4v) is 3.98. The van der Waals surface area contributed by atoms with Crippen molar-refractivity contribution in [1.29, 1.82) is 0 Å². The Kier molecular flexibility index (Phi) is 4.28. The number of carbonyl (C=O) groups is 1. The molecule has 0 radical (unpaired) electrons. The van der Waals surface area contributed by atoms with Gasteiger partial charge in [0.15, 0.2) is 0 Å². The molecule has 6 heteroatoms. The van der Waals surface area contributed by atoms with Crippen LogP contribution in [0.2, 0.25) is 0 Å². The van der Waals surface area contributed by atoms with Gasteiger partial charge in [-0.15, -0.1) is 0 Å². The first-order chi connectivity index (χ1) is 12.9. The van der Waals surface area contributed by atoms with Gasteiger partial charge in [-0.1, -0.05) is 29.0 Å². The summed E-state index contributed by atoms with van der Waals surface area (Å²) in [7, 11) is 0. The molecule has 0 unspecified atom stereocenters. The van der Waals surface area contributed by atoms with Crippen molar-refractivity contribution in [2.75, 3.05) is 5.32 Å². The van der Waals surface area contributed by atoms with E-state index in [9.17, 15) is 4.79 Å². The second-order valence-electron chi connectivity index (χ2n) is 6.81. The fourth-order valence-electron chi connectivity index (χ4n) is 2.97. The summed E-state index contributed by atoms with van der Waals surface area (Å²) in [5.74, 6) is 0.458. The first-order valence-electron chi connectivity index (χ1n) is 8.73. The SMILES string of the molecule is Cc1cccc(C(=O)Nc2cc(C)nn2-c2nc3cc(C)c(C)cc3s2)c1. The summed E-state index contributed by atoms with van der Waals surface area (Å²) >= 11 is 1.56. The van der Waals surface area contributed by atoms with Gasteiger partial charge in [0.25, 0.3) is 5.91 Å². The predicted molar refractivity (Wildman–Crippen MR) is 110 cm³/mol. The summed E-state index contributed by atoms with van der Waals surface area (Å²) in [5, 5.41) is 8.24. The average molecular weight is 376 g/mol. The number of thiazole rings is 1. The molecule has 0 fully saturated rings. The lowest BCUT2D eigenvalue weighted by Crippen LogP contribution is -2.15. The molecule has 1 N–H and O–H groups in total. The lowest BCUT2D eigenvalue weighted by Gasteiger charge is -2.07. The molecule has 4 aromatic rings. The first kappa shape index (κ1) is 17.4. The van der Waals surface area contributed by atoms with Crippen LogP contribution in [0.3, 0.4) is 0 Å². The Morgan fingerprint density at radius 3 is 2.59 bits per heavy atom. The minimum absolute atomic E-state index is 0.160. The van der Waals surface area contributed by atoms with Crippen LogP contribution < -0.4 is 5.32 Å². The number of hydrogen-bond acceptors (Lipinski definition) is 4. The lowest BCUT2D eigenvalue weighted by atomic mass is 10.1. The number of benzene rings is 2. The molecule has 27 heavy (non-hydrogen) atoms. The number of rotatable bonds is 3. The van der Waals surface area contributed by atoms with Crippen molar-refractivity contribution < 1.29 is 4.79 Å². The average Bonchev–Trinajstić information content (AvgIpc) is 3.18. The summed E-state index contributed by atoms with van der Waals surface area (Å²) < 4.78 is 2.82. The number of anilines is 1. The number of nitrogens with one attached hydrogen (secondary N) is 1. The minimum Gasteiger partial charge on any atom is -0.306 e. The largest absolute Gasteiger partial charge is 0.306 e. The summed E-state index contributed by atoms with van der Waals surface area (Å²) in [5.41, 5.74) is 5.88. The molecule has 2 aromatic heterocycles. The van der Waals surface area contributed by atoms with Crippen LogP contribution in [0.15, 0.2) is 42.5 Å². The summed E-state index contributed by atoms with van der Waals surface area (Å²) in [6, 6.07) is 13.6. The second kappa shape index (κ2) is 6.63. The van der Waals surface area contributed by atoms with E-state index in [-0.39, 0.29) is 5.91 Å². The molecule has 1 amide bonds. The Labute approximate surface area is 161 Å². The van der Waals surface area contributed by atoms with E-state index < -0.39 is 0 Å². The summed E-state index contributed by atoms with van der Waals surface area (Å²) in [4.78, 5) is 17.4. The number of fused-ring (bicyclic) bond motifs is 1. The molecule has 0 saturated heterocycles. The number of aromatic nitrogens is 3.